The van der Waals surface area contributed by atoms with E-state index in [0.717, 1.165) is 16.8 Å². The standard InChI is InChI=1S/C10H15BO2/c1-7-4-8(2)10(9(11)5-7)13-6-12-3/h4-5H,6,11H2,1-3H3. The summed E-state index contributed by atoms with van der Waals surface area (Å²) in [6, 6.07) is 4.22. The van der Waals surface area contributed by atoms with Crippen molar-refractivity contribution in [3.05, 3.63) is 23.3 Å². The van der Waals surface area contributed by atoms with Gasteiger partial charge in [0.25, 0.3) is 0 Å². The molecule has 0 aromatic heterocycles. The molecular weight excluding hydrogens is 163 g/mol. The second kappa shape index (κ2) is 4.33. The molecule has 0 saturated carbocycles. The molecule has 0 fully saturated rings. The number of benzene rings is 1. The summed E-state index contributed by atoms with van der Waals surface area (Å²) in [5.41, 5.74) is 3.59. The van der Waals surface area contributed by atoms with Crippen molar-refractivity contribution in [3.63, 3.8) is 0 Å². The molecule has 1 aromatic carbocycles. The molecule has 0 amide bonds. The predicted molar refractivity (Wildman–Crippen MR) is 56.6 cm³/mol. The van der Waals surface area contributed by atoms with E-state index in [9.17, 15) is 0 Å². The number of rotatable bonds is 3. The summed E-state index contributed by atoms with van der Waals surface area (Å²) in [5, 5.41) is 0. The first-order valence-electron chi connectivity index (χ1n) is 4.34. The van der Waals surface area contributed by atoms with Crippen LogP contribution in [0.2, 0.25) is 0 Å². The first-order chi connectivity index (χ1) is 6.15. The maximum absolute atomic E-state index is 5.45. The molecule has 1 rings (SSSR count). The third-order valence-electron chi connectivity index (χ3n) is 1.93. The molecule has 0 unspecified atom stereocenters. The average Bonchev–Trinajstić information content (AvgIpc) is 2.02. The van der Waals surface area contributed by atoms with E-state index < -0.39 is 0 Å². The van der Waals surface area contributed by atoms with Crippen LogP contribution in [0.1, 0.15) is 11.1 Å². The lowest BCUT2D eigenvalue weighted by atomic mass is 9.91. The van der Waals surface area contributed by atoms with Gasteiger partial charge in [0.05, 0.1) is 0 Å². The van der Waals surface area contributed by atoms with Gasteiger partial charge in [-0.15, -0.1) is 0 Å². The number of methoxy groups -OCH3 is 1. The Balaban J connectivity index is 2.92. The van der Waals surface area contributed by atoms with Gasteiger partial charge in [0.15, 0.2) is 6.79 Å². The highest BCUT2D eigenvalue weighted by Crippen LogP contribution is 2.15. The summed E-state index contributed by atoms with van der Waals surface area (Å²) >= 11 is 0. The smallest absolute Gasteiger partial charge is 0.188 e. The Bertz CT molecular complexity index is 274. The molecular formula is C10H15BO2. The summed E-state index contributed by atoms with van der Waals surface area (Å²) < 4.78 is 10.3. The van der Waals surface area contributed by atoms with Gasteiger partial charge in [0.1, 0.15) is 13.6 Å². The average molecular weight is 178 g/mol. The molecule has 3 heteroatoms. The van der Waals surface area contributed by atoms with Gasteiger partial charge >= 0.3 is 0 Å². The number of aryl methyl sites for hydroxylation is 2. The highest BCUT2D eigenvalue weighted by molar-refractivity contribution is 6.34. The van der Waals surface area contributed by atoms with Crippen LogP contribution in [0, 0.1) is 13.8 Å². The Morgan fingerprint density at radius 3 is 2.54 bits per heavy atom. The van der Waals surface area contributed by atoms with Gasteiger partial charge in [-0.1, -0.05) is 17.7 Å². The van der Waals surface area contributed by atoms with Crippen LogP contribution < -0.4 is 10.2 Å². The molecule has 0 atom stereocenters. The highest BCUT2D eigenvalue weighted by Gasteiger charge is 2.03. The number of hydrogen-bond donors (Lipinski definition) is 0. The van der Waals surface area contributed by atoms with E-state index in [2.05, 4.69) is 19.1 Å². The Kier molecular flexibility index (Phi) is 3.37. The number of ether oxygens (including phenoxy) is 2. The minimum atomic E-state index is 0.310. The van der Waals surface area contributed by atoms with Crippen molar-refractivity contribution in [2.45, 2.75) is 13.8 Å². The molecule has 0 bridgehead atoms. The van der Waals surface area contributed by atoms with Crippen molar-refractivity contribution < 1.29 is 9.47 Å². The van der Waals surface area contributed by atoms with Gasteiger partial charge in [-0.3, -0.25) is 0 Å². The van der Waals surface area contributed by atoms with Crippen LogP contribution in [0.5, 0.6) is 5.75 Å². The molecule has 0 N–H and O–H groups in total. The zero-order chi connectivity index (χ0) is 9.84. The Labute approximate surface area is 80.3 Å². The lowest BCUT2D eigenvalue weighted by Crippen LogP contribution is -2.13. The Morgan fingerprint density at radius 2 is 2.00 bits per heavy atom. The van der Waals surface area contributed by atoms with E-state index in [-0.39, 0.29) is 0 Å². The summed E-state index contributed by atoms with van der Waals surface area (Å²) in [5.74, 6) is 0.937. The summed E-state index contributed by atoms with van der Waals surface area (Å²) in [4.78, 5) is 0. The van der Waals surface area contributed by atoms with Crippen LogP contribution in [0.15, 0.2) is 12.1 Å². The summed E-state index contributed by atoms with van der Waals surface area (Å²) in [7, 11) is 3.67. The maximum atomic E-state index is 5.45. The normalized spacial score (nSPS) is 10.1. The molecule has 70 valence electrons. The Hall–Kier alpha value is -0.955. The van der Waals surface area contributed by atoms with Gasteiger partial charge in [-0.25, -0.2) is 0 Å². The van der Waals surface area contributed by atoms with Crippen molar-refractivity contribution in [2.75, 3.05) is 13.9 Å². The third-order valence-corrected chi connectivity index (χ3v) is 1.93. The van der Waals surface area contributed by atoms with Crippen molar-refractivity contribution in [2.24, 2.45) is 0 Å². The van der Waals surface area contributed by atoms with E-state index >= 15 is 0 Å². The van der Waals surface area contributed by atoms with Crippen LogP contribution >= 0.6 is 0 Å². The van der Waals surface area contributed by atoms with Gasteiger partial charge in [0, 0.05) is 7.11 Å². The van der Waals surface area contributed by atoms with Gasteiger partial charge in [-0.2, -0.15) is 0 Å². The minimum absolute atomic E-state index is 0.310. The first kappa shape index (κ1) is 10.1. The fourth-order valence-electron chi connectivity index (χ4n) is 1.51. The molecule has 0 heterocycles. The van der Waals surface area contributed by atoms with E-state index in [1.807, 2.05) is 14.8 Å². The van der Waals surface area contributed by atoms with Crippen molar-refractivity contribution >= 4 is 13.3 Å². The first-order valence-corrected chi connectivity index (χ1v) is 4.34. The molecule has 0 aliphatic rings. The van der Waals surface area contributed by atoms with E-state index in [4.69, 9.17) is 9.47 Å². The largest absolute Gasteiger partial charge is 0.468 e. The van der Waals surface area contributed by atoms with E-state index in [1.54, 1.807) is 7.11 Å². The van der Waals surface area contributed by atoms with Crippen molar-refractivity contribution in [3.8, 4) is 5.75 Å². The van der Waals surface area contributed by atoms with Crippen LogP contribution in [0.25, 0.3) is 0 Å². The van der Waals surface area contributed by atoms with Gasteiger partial charge in [0.2, 0.25) is 0 Å². The lowest BCUT2D eigenvalue weighted by molar-refractivity contribution is 0.0514. The van der Waals surface area contributed by atoms with Crippen LogP contribution in [0.4, 0.5) is 0 Å². The van der Waals surface area contributed by atoms with Crippen LogP contribution in [-0.4, -0.2) is 21.7 Å². The Morgan fingerprint density at radius 1 is 1.31 bits per heavy atom. The summed E-state index contributed by atoms with van der Waals surface area (Å²) in [6.45, 7) is 4.44. The number of hydrogen-bond acceptors (Lipinski definition) is 2. The topological polar surface area (TPSA) is 18.5 Å². The van der Waals surface area contributed by atoms with Crippen molar-refractivity contribution in [1.29, 1.82) is 0 Å². The van der Waals surface area contributed by atoms with Gasteiger partial charge in [-0.05, 0) is 24.9 Å². The molecule has 0 aliphatic heterocycles. The van der Waals surface area contributed by atoms with Crippen LogP contribution in [0.3, 0.4) is 0 Å². The molecule has 0 saturated heterocycles. The SMILES string of the molecule is Bc1cc(C)cc(C)c1OCOC. The second-order valence-corrected chi connectivity index (χ2v) is 3.28. The minimum Gasteiger partial charge on any atom is -0.468 e. The summed E-state index contributed by atoms with van der Waals surface area (Å²) in [6.07, 6.45) is 0. The lowest BCUT2D eigenvalue weighted by Gasteiger charge is -2.12. The van der Waals surface area contributed by atoms with Crippen LogP contribution in [-0.2, 0) is 4.74 Å². The zero-order valence-corrected chi connectivity index (χ0v) is 8.68. The monoisotopic (exact) mass is 178 g/mol. The molecule has 1 aromatic rings. The fraction of sp³-hybridized carbons (Fsp3) is 0.400. The maximum Gasteiger partial charge on any atom is 0.188 e. The zero-order valence-electron chi connectivity index (χ0n) is 8.68. The second-order valence-electron chi connectivity index (χ2n) is 3.28. The van der Waals surface area contributed by atoms with E-state index in [1.165, 1.54) is 5.56 Å². The van der Waals surface area contributed by atoms with Crippen molar-refractivity contribution in [1.82, 2.24) is 0 Å². The third kappa shape index (κ3) is 2.49. The fourth-order valence-corrected chi connectivity index (χ4v) is 1.51. The molecule has 0 radical (unpaired) electrons. The van der Waals surface area contributed by atoms with Gasteiger partial charge < -0.3 is 9.47 Å². The predicted octanol–water partition coefficient (Wildman–Crippen LogP) is 0.545. The molecule has 0 spiro atoms. The molecule has 2 nitrogen and oxygen atoms in total. The van der Waals surface area contributed by atoms with E-state index in [0.29, 0.717) is 6.79 Å². The highest BCUT2D eigenvalue weighted by atomic mass is 16.7. The quantitative estimate of drug-likeness (QED) is 0.496. The molecule has 0 aliphatic carbocycles. The molecule has 13 heavy (non-hydrogen) atoms.